The molecule has 0 aliphatic carbocycles. The average molecular weight is 612 g/mol. The van der Waals surface area contributed by atoms with Gasteiger partial charge in [-0.1, -0.05) is 48.6 Å². The molecule has 1 N–H and O–H groups in total. The number of fused-ring (bicyclic) bond motifs is 2. The smallest absolute Gasteiger partial charge is 0.294 e. The van der Waals surface area contributed by atoms with Crippen LogP contribution in [0.3, 0.4) is 0 Å². The first-order valence-electron chi connectivity index (χ1n) is 13.4. The fourth-order valence-electron chi connectivity index (χ4n) is 5.81. The summed E-state index contributed by atoms with van der Waals surface area (Å²) in [6.45, 7) is 4.13. The highest BCUT2D eigenvalue weighted by Gasteiger charge is 2.32. The lowest BCUT2D eigenvalue weighted by Crippen LogP contribution is -2.24. The number of hydrogen-bond acceptors (Lipinski definition) is 6. The second kappa shape index (κ2) is 11.3. The number of allylic oxidation sites excluding steroid dienone is 5. The third kappa shape index (κ3) is 5.41. The number of pyridine rings is 1. The summed E-state index contributed by atoms with van der Waals surface area (Å²) < 4.78 is 61.5. The quantitative estimate of drug-likeness (QED) is 0.188. The van der Waals surface area contributed by atoms with Crippen LogP contribution >= 0.6 is 0 Å². The van der Waals surface area contributed by atoms with Crippen molar-refractivity contribution < 1.29 is 25.9 Å². The Morgan fingerprint density at radius 1 is 0.977 bits per heavy atom. The summed E-state index contributed by atoms with van der Waals surface area (Å²) in [4.78, 5) is 2.04. The number of aryl methyl sites for hydroxylation is 1. The van der Waals surface area contributed by atoms with E-state index in [-0.39, 0.29) is 16.7 Å². The lowest BCUT2D eigenvalue weighted by atomic mass is 9.97. The topological polar surface area (TPSA) is 111 Å². The fourth-order valence-corrected chi connectivity index (χ4v) is 6.56. The molecular formula is C33H27N2O6S2-. The monoisotopic (exact) mass is 611 g/mol. The summed E-state index contributed by atoms with van der Waals surface area (Å²) in [7, 11) is -4.30. The van der Waals surface area contributed by atoms with Gasteiger partial charge in [-0.2, -0.15) is 8.42 Å². The lowest BCUT2D eigenvalue weighted by molar-refractivity contribution is 0.440. The molecule has 0 fully saturated rings. The molecule has 0 spiro atoms. The Morgan fingerprint density at radius 2 is 1.70 bits per heavy atom. The lowest BCUT2D eigenvalue weighted by Gasteiger charge is -2.25. The summed E-state index contributed by atoms with van der Waals surface area (Å²) in [5, 5.41) is 0. The van der Waals surface area contributed by atoms with E-state index in [9.17, 15) is 21.7 Å². The van der Waals surface area contributed by atoms with E-state index >= 15 is 0 Å². The minimum absolute atomic E-state index is 0.0537. The van der Waals surface area contributed by atoms with E-state index in [0.717, 1.165) is 50.3 Å². The summed E-state index contributed by atoms with van der Waals surface area (Å²) in [5.41, 5.74) is 8.86. The van der Waals surface area contributed by atoms with Gasteiger partial charge in [0.2, 0.25) is 0 Å². The Balaban J connectivity index is 1.44. The van der Waals surface area contributed by atoms with E-state index in [4.69, 9.17) is 4.18 Å². The van der Waals surface area contributed by atoms with Crippen LogP contribution in [0.25, 0.3) is 28.3 Å². The van der Waals surface area contributed by atoms with Gasteiger partial charge in [-0.15, -0.1) is 0 Å². The highest BCUT2D eigenvalue weighted by molar-refractivity contribution is 7.85. The van der Waals surface area contributed by atoms with Crippen LogP contribution < -0.4 is 4.18 Å². The van der Waals surface area contributed by atoms with Crippen molar-refractivity contribution in [2.75, 3.05) is 0 Å². The third-order valence-electron chi connectivity index (χ3n) is 7.71. The van der Waals surface area contributed by atoms with Crippen LogP contribution in [0.15, 0.2) is 126 Å². The molecule has 218 valence electrons. The summed E-state index contributed by atoms with van der Waals surface area (Å²) in [5.74, 6) is 0.240. The van der Waals surface area contributed by atoms with E-state index in [1.807, 2.05) is 74.0 Å². The molecule has 2 aromatic heterocycles. The summed E-state index contributed by atoms with van der Waals surface area (Å²) in [6.07, 6.45) is 16.3. The van der Waals surface area contributed by atoms with E-state index < -0.39 is 21.5 Å². The summed E-state index contributed by atoms with van der Waals surface area (Å²) >= 11 is -2.65. The second-order valence-electron chi connectivity index (χ2n) is 10.2. The zero-order valence-electron chi connectivity index (χ0n) is 23.2. The van der Waals surface area contributed by atoms with Gasteiger partial charge in [0, 0.05) is 34.7 Å². The Kier molecular flexibility index (Phi) is 7.53. The first kappa shape index (κ1) is 28.6. The number of aromatic nitrogens is 1. The van der Waals surface area contributed by atoms with Crippen LogP contribution in [-0.2, 0) is 21.5 Å². The molecule has 2 aliphatic rings. The van der Waals surface area contributed by atoms with Crippen molar-refractivity contribution >= 4 is 38.6 Å². The highest BCUT2D eigenvalue weighted by atomic mass is 32.2. The summed E-state index contributed by atoms with van der Waals surface area (Å²) in [6, 6.07) is 19.2. The van der Waals surface area contributed by atoms with E-state index in [0.29, 0.717) is 0 Å². The van der Waals surface area contributed by atoms with Crippen LogP contribution in [-0.4, -0.2) is 37.1 Å². The molecule has 2 atom stereocenters. The zero-order chi connectivity index (χ0) is 30.3. The predicted octanol–water partition coefficient (Wildman–Crippen LogP) is 6.47. The number of nitrogens with zero attached hydrogens (tertiary/aromatic N) is 2. The van der Waals surface area contributed by atoms with Gasteiger partial charge in [0.1, 0.15) is 17.1 Å². The molecule has 2 aliphatic heterocycles. The molecule has 0 saturated heterocycles. The largest absolute Gasteiger partial charge is 0.740 e. The Hall–Kier alpha value is -4.48. The molecule has 43 heavy (non-hydrogen) atoms. The molecular weight excluding hydrogens is 585 g/mol. The number of hydrogen-bond donors (Lipinski definition) is 1. The van der Waals surface area contributed by atoms with Gasteiger partial charge in [-0.25, -0.2) is 4.21 Å². The maximum atomic E-state index is 11.6. The molecule has 0 amide bonds. The first-order valence-corrected chi connectivity index (χ1v) is 15.9. The van der Waals surface area contributed by atoms with Crippen LogP contribution in [0.4, 0.5) is 0 Å². The maximum absolute atomic E-state index is 11.6. The molecule has 6 rings (SSSR count). The van der Waals surface area contributed by atoms with Gasteiger partial charge in [-0.3, -0.25) is 4.55 Å². The first-order chi connectivity index (χ1) is 20.6. The fraction of sp³-hybridized carbons (Fsp3) is 0.0909. The van der Waals surface area contributed by atoms with Crippen LogP contribution in [0.1, 0.15) is 23.7 Å². The van der Waals surface area contributed by atoms with Crippen molar-refractivity contribution in [1.82, 2.24) is 9.30 Å². The van der Waals surface area contributed by atoms with Crippen molar-refractivity contribution in [2.45, 2.75) is 24.8 Å². The molecule has 8 nitrogen and oxygen atoms in total. The molecule has 0 bridgehead atoms. The van der Waals surface area contributed by atoms with Crippen LogP contribution in [0.5, 0.6) is 5.75 Å². The van der Waals surface area contributed by atoms with Crippen molar-refractivity contribution in [3.8, 4) is 16.9 Å². The van der Waals surface area contributed by atoms with Gasteiger partial charge in [0.15, 0.2) is 0 Å². The predicted molar refractivity (Wildman–Crippen MR) is 167 cm³/mol. The van der Waals surface area contributed by atoms with Crippen molar-refractivity contribution in [1.29, 1.82) is 0 Å². The van der Waals surface area contributed by atoms with Crippen molar-refractivity contribution in [3.05, 3.63) is 138 Å². The molecule has 2 aromatic carbocycles. The molecule has 2 unspecified atom stereocenters. The minimum Gasteiger partial charge on any atom is -0.740 e. The van der Waals surface area contributed by atoms with Gasteiger partial charge < -0.3 is 18.0 Å². The standard InChI is InChI=1S/C33H28N2O6S2/c1-22-28-8-3-5-20-34(28)30(32(22)24-12-16-26(17-13-24)41-42(36)37)10-7-11-31-33(23(2)29-9-4-6-21-35(29)31)25-14-18-27(19-15-25)43(38,39)40/h3-21,28H,1-2H3,(H,36,37)(H,38,39,40)/p-1. The van der Waals surface area contributed by atoms with Crippen LogP contribution in [0, 0.1) is 6.92 Å². The molecule has 4 heterocycles. The van der Waals surface area contributed by atoms with Gasteiger partial charge >= 0.3 is 0 Å². The maximum Gasteiger partial charge on any atom is 0.294 e. The van der Waals surface area contributed by atoms with Gasteiger partial charge in [0.25, 0.3) is 10.1 Å². The van der Waals surface area contributed by atoms with Gasteiger partial charge in [-0.05, 0) is 90.7 Å². The number of benzene rings is 2. The van der Waals surface area contributed by atoms with Gasteiger partial charge in [0.05, 0.1) is 16.6 Å². The Labute approximate surface area is 252 Å². The van der Waals surface area contributed by atoms with E-state index in [1.54, 1.807) is 24.3 Å². The SMILES string of the molecule is CC1=C(c2ccc(OS(=O)[O-])cc2)C(=CC=Cc2c(-c3ccc(S(=O)(=O)O)cc3)c(C)c3ccccn23)N2C=CC=CC12. The number of rotatable bonds is 7. The molecule has 10 heteroatoms. The second-order valence-corrected chi connectivity index (χ2v) is 12.2. The van der Waals surface area contributed by atoms with Crippen molar-refractivity contribution in [3.63, 3.8) is 0 Å². The molecule has 4 aromatic rings. The highest BCUT2D eigenvalue weighted by Crippen LogP contribution is 2.42. The Morgan fingerprint density at radius 3 is 2.40 bits per heavy atom. The van der Waals surface area contributed by atoms with Crippen LogP contribution in [0.2, 0.25) is 0 Å². The third-order valence-corrected chi connectivity index (χ3v) is 8.91. The Bertz CT molecular complexity index is 2020. The normalized spacial score (nSPS) is 18.3. The average Bonchev–Trinajstić information content (AvgIpc) is 3.43. The minimum atomic E-state index is -4.30. The molecule has 0 radical (unpaired) electrons. The van der Waals surface area contributed by atoms with Crippen molar-refractivity contribution in [2.24, 2.45) is 0 Å². The zero-order valence-corrected chi connectivity index (χ0v) is 24.9. The van der Waals surface area contributed by atoms with E-state index in [1.165, 1.54) is 12.1 Å². The van der Waals surface area contributed by atoms with E-state index in [2.05, 4.69) is 28.4 Å². The molecule has 0 saturated carbocycles.